The predicted molar refractivity (Wildman–Crippen MR) is 82.7 cm³/mol. The van der Waals surface area contributed by atoms with Gasteiger partial charge in [0.05, 0.1) is 7.11 Å². The lowest BCUT2D eigenvalue weighted by atomic mass is 9.96. The van der Waals surface area contributed by atoms with Gasteiger partial charge in [0.25, 0.3) is 0 Å². The van der Waals surface area contributed by atoms with Crippen LogP contribution in [0.15, 0.2) is 36.4 Å². The fraction of sp³-hybridized carbons (Fsp3) is 0.471. The molecule has 1 amide bonds. The van der Waals surface area contributed by atoms with Crippen LogP contribution in [0.2, 0.25) is 0 Å². The number of rotatable bonds is 6. The van der Waals surface area contributed by atoms with Crippen molar-refractivity contribution in [3.05, 3.63) is 42.0 Å². The van der Waals surface area contributed by atoms with Gasteiger partial charge in [-0.15, -0.1) is 0 Å². The molecule has 3 heteroatoms. The minimum Gasteiger partial charge on any atom is -0.497 e. The second kappa shape index (κ2) is 7.73. The highest BCUT2D eigenvalue weighted by molar-refractivity contribution is 5.75. The first-order valence-electron chi connectivity index (χ1n) is 6.98. The van der Waals surface area contributed by atoms with E-state index >= 15 is 0 Å². The largest absolute Gasteiger partial charge is 0.497 e. The number of hydrogen-bond donors (Lipinski definition) is 1. The molecule has 0 fully saturated rings. The first kappa shape index (κ1) is 16.3. The number of allylic oxidation sites excluding steroid dienone is 2. The zero-order valence-corrected chi connectivity index (χ0v) is 12.9. The van der Waals surface area contributed by atoms with Crippen molar-refractivity contribution in [1.82, 2.24) is 5.32 Å². The van der Waals surface area contributed by atoms with Crippen LogP contribution < -0.4 is 10.1 Å². The number of amides is 1. The molecule has 0 saturated heterocycles. The van der Waals surface area contributed by atoms with Gasteiger partial charge in [-0.25, -0.2) is 0 Å². The molecule has 1 aromatic carbocycles. The maximum Gasteiger partial charge on any atom is 0.220 e. The molecule has 0 atom stereocenters. The van der Waals surface area contributed by atoms with Crippen molar-refractivity contribution in [3.8, 4) is 5.75 Å². The highest BCUT2D eigenvalue weighted by Crippen LogP contribution is 2.15. The summed E-state index contributed by atoms with van der Waals surface area (Å²) in [6.07, 6.45) is 5.53. The Labute approximate surface area is 122 Å². The van der Waals surface area contributed by atoms with E-state index in [0.29, 0.717) is 13.0 Å². The lowest BCUT2D eigenvalue weighted by Gasteiger charge is -2.11. The molecule has 0 aliphatic heterocycles. The summed E-state index contributed by atoms with van der Waals surface area (Å²) < 4.78 is 5.09. The monoisotopic (exact) mass is 275 g/mol. The molecule has 0 bridgehead atoms. The second-order valence-electron chi connectivity index (χ2n) is 5.93. The van der Waals surface area contributed by atoms with E-state index < -0.39 is 0 Å². The van der Waals surface area contributed by atoms with Gasteiger partial charge in [-0.3, -0.25) is 4.79 Å². The third-order valence-electron chi connectivity index (χ3n) is 2.80. The molecule has 0 heterocycles. The van der Waals surface area contributed by atoms with Crippen molar-refractivity contribution in [2.75, 3.05) is 7.11 Å². The van der Waals surface area contributed by atoms with Gasteiger partial charge >= 0.3 is 0 Å². The van der Waals surface area contributed by atoms with Crippen molar-refractivity contribution in [1.29, 1.82) is 0 Å². The lowest BCUT2D eigenvalue weighted by molar-refractivity contribution is -0.121. The van der Waals surface area contributed by atoms with E-state index in [2.05, 4.69) is 38.2 Å². The Morgan fingerprint density at radius 2 is 1.90 bits per heavy atom. The summed E-state index contributed by atoms with van der Waals surface area (Å²) in [4.78, 5) is 11.7. The van der Waals surface area contributed by atoms with E-state index in [0.717, 1.165) is 17.7 Å². The molecule has 110 valence electrons. The van der Waals surface area contributed by atoms with Gasteiger partial charge in [-0.2, -0.15) is 0 Å². The van der Waals surface area contributed by atoms with Gasteiger partial charge in [0.1, 0.15) is 5.75 Å². The Bertz CT molecular complexity index is 441. The predicted octanol–water partition coefficient (Wildman–Crippen LogP) is 3.69. The summed E-state index contributed by atoms with van der Waals surface area (Å²) in [6.45, 7) is 7.00. The van der Waals surface area contributed by atoms with Gasteiger partial charge in [0.15, 0.2) is 0 Å². The Morgan fingerprint density at radius 1 is 1.25 bits per heavy atom. The molecule has 1 rings (SSSR count). The first-order valence-corrected chi connectivity index (χ1v) is 6.98. The van der Waals surface area contributed by atoms with Crippen LogP contribution in [-0.2, 0) is 11.3 Å². The second-order valence-corrected chi connectivity index (χ2v) is 5.93. The topological polar surface area (TPSA) is 38.3 Å². The molecule has 0 aliphatic carbocycles. The fourth-order valence-corrected chi connectivity index (χ4v) is 1.68. The van der Waals surface area contributed by atoms with Gasteiger partial charge < -0.3 is 10.1 Å². The zero-order chi connectivity index (χ0) is 15.0. The maximum absolute atomic E-state index is 11.7. The van der Waals surface area contributed by atoms with E-state index in [4.69, 9.17) is 4.74 Å². The summed E-state index contributed by atoms with van der Waals surface area (Å²) >= 11 is 0. The molecule has 3 nitrogen and oxygen atoms in total. The molecule has 0 aromatic heterocycles. The van der Waals surface area contributed by atoms with Crippen molar-refractivity contribution in [2.45, 2.75) is 40.2 Å². The third-order valence-corrected chi connectivity index (χ3v) is 2.80. The average molecular weight is 275 g/mol. The van der Waals surface area contributed by atoms with Crippen molar-refractivity contribution >= 4 is 5.91 Å². The molecule has 0 spiro atoms. The highest BCUT2D eigenvalue weighted by atomic mass is 16.5. The summed E-state index contributed by atoms with van der Waals surface area (Å²) in [7, 11) is 1.64. The summed E-state index contributed by atoms with van der Waals surface area (Å²) in [5, 5.41) is 2.92. The van der Waals surface area contributed by atoms with Crippen molar-refractivity contribution < 1.29 is 9.53 Å². The number of carbonyl (C=O) groups is 1. The number of ether oxygens (including phenoxy) is 1. The Hall–Kier alpha value is -1.77. The molecule has 0 unspecified atom stereocenters. The van der Waals surface area contributed by atoms with Gasteiger partial charge in [0, 0.05) is 13.0 Å². The van der Waals surface area contributed by atoms with Crippen molar-refractivity contribution in [3.63, 3.8) is 0 Å². The van der Waals surface area contributed by atoms with Crippen LogP contribution in [0.25, 0.3) is 0 Å². The number of hydrogen-bond acceptors (Lipinski definition) is 2. The van der Waals surface area contributed by atoms with Gasteiger partial charge in [0.2, 0.25) is 5.91 Å². The van der Waals surface area contributed by atoms with Crippen molar-refractivity contribution in [2.24, 2.45) is 5.41 Å². The van der Waals surface area contributed by atoms with Crippen LogP contribution in [0.5, 0.6) is 5.75 Å². The minimum absolute atomic E-state index is 0.0828. The van der Waals surface area contributed by atoms with Gasteiger partial charge in [-0.1, -0.05) is 45.1 Å². The zero-order valence-electron chi connectivity index (χ0n) is 12.9. The van der Waals surface area contributed by atoms with E-state index in [1.54, 1.807) is 7.11 Å². The Kier molecular flexibility index (Phi) is 6.29. The quantitative estimate of drug-likeness (QED) is 0.804. The van der Waals surface area contributed by atoms with Crippen LogP contribution in [0, 0.1) is 5.41 Å². The molecular formula is C17H25NO2. The molecule has 0 aliphatic rings. The Morgan fingerprint density at radius 3 is 2.45 bits per heavy atom. The molecule has 1 aromatic rings. The highest BCUT2D eigenvalue weighted by Gasteiger charge is 2.04. The minimum atomic E-state index is 0.0828. The standard InChI is InChI=1S/C17H25NO2/c1-17(2,3)12-6-5-7-16(19)18-13-14-8-10-15(20-4)11-9-14/h6,8-12H,5,7,13H2,1-4H3,(H,18,19)/b12-6-. The first-order chi connectivity index (χ1) is 9.40. The molecule has 0 saturated carbocycles. The normalized spacial score (nSPS) is 11.6. The van der Waals surface area contributed by atoms with E-state index in [9.17, 15) is 4.79 Å². The Balaban J connectivity index is 2.27. The molecule has 0 radical (unpaired) electrons. The van der Waals surface area contributed by atoms with E-state index in [1.165, 1.54) is 0 Å². The van der Waals surface area contributed by atoms with Gasteiger partial charge in [-0.05, 0) is 29.5 Å². The van der Waals surface area contributed by atoms with E-state index in [1.807, 2.05) is 24.3 Å². The SMILES string of the molecule is COc1ccc(CNC(=O)CC/C=C\C(C)(C)C)cc1. The average Bonchev–Trinajstić information content (AvgIpc) is 2.41. The van der Waals surface area contributed by atoms with Crippen LogP contribution >= 0.6 is 0 Å². The number of benzene rings is 1. The maximum atomic E-state index is 11.7. The lowest BCUT2D eigenvalue weighted by Crippen LogP contribution is -2.22. The molecule has 1 N–H and O–H groups in total. The number of methoxy groups -OCH3 is 1. The fourth-order valence-electron chi connectivity index (χ4n) is 1.68. The summed E-state index contributed by atoms with van der Waals surface area (Å²) in [5.41, 5.74) is 1.25. The van der Waals surface area contributed by atoms with Crippen LogP contribution in [0.1, 0.15) is 39.2 Å². The van der Waals surface area contributed by atoms with Crippen LogP contribution in [0.3, 0.4) is 0 Å². The number of carbonyl (C=O) groups excluding carboxylic acids is 1. The van der Waals surface area contributed by atoms with Crippen LogP contribution in [0.4, 0.5) is 0 Å². The van der Waals surface area contributed by atoms with E-state index in [-0.39, 0.29) is 11.3 Å². The third kappa shape index (κ3) is 6.98. The molecular weight excluding hydrogens is 250 g/mol. The van der Waals surface area contributed by atoms with Crippen LogP contribution in [-0.4, -0.2) is 13.0 Å². The summed E-state index contributed by atoms with van der Waals surface area (Å²) in [5.74, 6) is 0.909. The smallest absolute Gasteiger partial charge is 0.220 e. The number of nitrogens with one attached hydrogen (secondary N) is 1. The molecule has 20 heavy (non-hydrogen) atoms. The summed E-state index contributed by atoms with van der Waals surface area (Å²) in [6, 6.07) is 7.71.